The van der Waals surface area contributed by atoms with Gasteiger partial charge < -0.3 is 9.64 Å². The number of ether oxygens (including phenoxy) is 1. The maximum Gasteiger partial charge on any atom is 0.305 e. The van der Waals surface area contributed by atoms with E-state index in [0.717, 1.165) is 51.7 Å². The van der Waals surface area contributed by atoms with Gasteiger partial charge in [0, 0.05) is 31.5 Å². The summed E-state index contributed by atoms with van der Waals surface area (Å²) < 4.78 is 5.02. The summed E-state index contributed by atoms with van der Waals surface area (Å²) in [6.45, 7) is 5.34. The van der Waals surface area contributed by atoms with E-state index in [0.29, 0.717) is 13.0 Å². The zero-order valence-electron chi connectivity index (χ0n) is 17.5. The number of fused-ring (bicyclic) bond motifs is 1. The number of hydrogen-bond acceptors (Lipinski definition) is 3. The maximum absolute atomic E-state index is 11.5. The van der Waals surface area contributed by atoms with Gasteiger partial charge in [0.1, 0.15) is 0 Å². The normalized spacial score (nSPS) is 13.7. The van der Waals surface area contributed by atoms with Crippen molar-refractivity contribution in [2.45, 2.75) is 45.4 Å². The third-order valence-electron chi connectivity index (χ3n) is 5.41. The van der Waals surface area contributed by atoms with Crippen LogP contribution < -0.4 is 0 Å². The maximum atomic E-state index is 11.5. The topological polar surface area (TPSA) is 29.5 Å². The number of carbonyl (C=O) groups is 1. The van der Waals surface area contributed by atoms with Crippen LogP contribution in [-0.2, 0) is 28.8 Å². The molecule has 0 unspecified atom stereocenters. The predicted octanol–water partition coefficient (Wildman–Crippen LogP) is 4.41. The molecule has 3 rings (SSSR count). The van der Waals surface area contributed by atoms with Crippen molar-refractivity contribution in [3.05, 3.63) is 70.8 Å². The van der Waals surface area contributed by atoms with Crippen molar-refractivity contribution in [2.75, 3.05) is 26.2 Å². The molecule has 0 bridgehead atoms. The SMILES string of the molecule is CCOC(=O)CCCN1CCc2cccc(C#CCCc3ccccc3)c2CC1. The van der Waals surface area contributed by atoms with E-state index in [9.17, 15) is 4.79 Å². The molecule has 1 heterocycles. The quantitative estimate of drug-likeness (QED) is 0.519. The van der Waals surface area contributed by atoms with Gasteiger partial charge in [0.15, 0.2) is 0 Å². The van der Waals surface area contributed by atoms with Crippen LogP contribution >= 0.6 is 0 Å². The van der Waals surface area contributed by atoms with Gasteiger partial charge in [-0.3, -0.25) is 4.79 Å². The summed E-state index contributed by atoms with van der Waals surface area (Å²) in [5.41, 5.74) is 5.36. The molecule has 2 aromatic carbocycles. The van der Waals surface area contributed by atoms with Gasteiger partial charge in [0.2, 0.25) is 0 Å². The van der Waals surface area contributed by atoms with Gasteiger partial charge in [0.25, 0.3) is 0 Å². The molecule has 0 radical (unpaired) electrons. The van der Waals surface area contributed by atoms with Crippen molar-refractivity contribution in [2.24, 2.45) is 0 Å². The van der Waals surface area contributed by atoms with E-state index in [4.69, 9.17) is 4.74 Å². The van der Waals surface area contributed by atoms with E-state index in [1.54, 1.807) is 0 Å². The Morgan fingerprint density at radius 3 is 2.72 bits per heavy atom. The van der Waals surface area contributed by atoms with Gasteiger partial charge in [-0.25, -0.2) is 0 Å². The lowest BCUT2D eigenvalue weighted by molar-refractivity contribution is -0.143. The molecule has 0 saturated heterocycles. The van der Waals surface area contributed by atoms with Crippen LogP contribution in [-0.4, -0.2) is 37.1 Å². The lowest BCUT2D eigenvalue weighted by Crippen LogP contribution is -2.28. The Labute approximate surface area is 175 Å². The van der Waals surface area contributed by atoms with E-state index in [1.165, 1.54) is 22.3 Å². The van der Waals surface area contributed by atoms with Crippen LogP contribution in [0.4, 0.5) is 0 Å². The predicted molar refractivity (Wildman–Crippen MR) is 118 cm³/mol. The minimum atomic E-state index is -0.0846. The highest BCUT2D eigenvalue weighted by molar-refractivity contribution is 5.69. The average Bonchev–Trinajstić information content (AvgIpc) is 2.95. The van der Waals surface area contributed by atoms with Gasteiger partial charge in [-0.05, 0) is 61.9 Å². The molecule has 2 aromatic rings. The molecule has 0 aromatic heterocycles. The fourth-order valence-corrected chi connectivity index (χ4v) is 3.85. The zero-order valence-corrected chi connectivity index (χ0v) is 17.5. The van der Waals surface area contributed by atoms with Crippen molar-refractivity contribution in [3.63, 3.8) is 0 Å². The highest BCUT2D eigenvalue weighted by atomic mass is 16.5. The summed E-state index contributed by atoms with van der Waals surface area (Å²) in [6, 6.07) is 17.1. The molecule has 0 spiro atoms. The standard InChI is InChI=1S/C26H31NO2/c1-2-29-26(28)16-9-19-27-20-17-24-15-8-14-23(25(24)18-21-27)13-7-6-12-22-10-4-3-5-11-22/h3-5,8,10-11,14-15H,2,6,9,12,16-21H2,1H3. The Morgan fingerprint density at radius 2 is 1.90 bits per heavy atom. The monoisotopic (exact) mass is 389 g/mol. The van der Waals surface area contributed by atoms with Crippen LogP contribution in [0.2, 0.25) is 0 Å². The van der Waals surface area contributed by atoms with Gasteiger partial charge in [-0.1, -0.05) is 54.3 Å². The highest BCUT2D eigenvalue weighted by Gasteiger charge is 2.16. The molecule has 0 N–H and O–H groups in total. The first kappa shape index (κ1) is 21.1. The van der Waals surface area contributed by atoms with Crippen molar-refractivity contribution in [1.82, 2.24) is 4.90 Å². The van der Waals surface area contributed by atoms with Gasteiger partial charge >= 0.3 is 5.97 Å². The minimum Gasteiger partial charge on any atom is -0.466 e. The van der Waals surface area contributed by atoms with Crippen LogP contribution in [0.1, 0.15) is 48.4 Å². The number of carbonyl (C=O) groups excluding carboxylic acids is 1. The first-order valence-corrected chi connectivity index (χ1v) is 10.8. The summed E-state index contributed by atoms with van der Waals surface area (Å²) in [5.74, 6) is 6.72. The molecule has 0 amide bonds. The van der Waals surface area contributed by atoms with Gasteiger partial charge in [0.05, 0.1) is 6.61 Å². The second kappa shape index (κ2) is 11.4. The van der Waals surface area contributed by atoms with Crippen LogP contribution in [0.3, 0.4) is 0 Å². The van der Waals surface area contributed by atoms with Crippen molar-refractivity contribution in [1.29, 1.82) is 0 Å². The Hall–Kier alpha value is -2.57. The molecule has 1 aliphatic rings. The van der Waals surface area contributed by atoms with E-state index < -0.39 is 0 Å². The molecule has 0 saturated carbocycles. The lowest BCUT2D eigenvalue weighted by Gasteiger charge is -2.19. The molecule has 1 aliphatic heterocycles. The number of aryl methyl sites for hydroxylation is 1. The molecule has 0 aliphatic carbocycles. The smallest absolute Gasteiger partial charge is 0.305 e. The first-order chi connectivity index (χ1) is 14.3. The van der Waals surface area contributed by atoms with Crippen LogP contribution in [0, 0.1) is 11.8 Å². The summed E-state index contributed by atoms with van der Waals surface area (Å²) in [6.07, 6.45) is 5.33. The fraction of sp³-hybridized carbons (Fsp3) is 0.423. The Morgan fingerprint density at radius 1 is 1.07 bits per heavy atom. The van der Waals surface area contributed by atoms with E-state index in [-0.39, 0.29) is 5.97 Å². The van der Waals surface area contributed by atoms with Crippen molar-refractivity contribution < 1.29 is 9.53 Å². The summed E-state index contributed by atoms with van der Waals surface area (Å²) in [4.78, 5) is 14.0. The molecule has 3 nitrogen and oxygen atoms in total. The number of benzene rings is 2. The number of rotatable bonds is 7. The van der Waals surface area contributed by atoms with Gasteiger partial charge in [-0.15, -0.1) is 0 Å². The Kier molecular flexibility index (Phi) is 8.34. The van der Waals surface area contributed by atoms with Crippen LogP contribution in [0.5, 0.6) is 0 Å². The molecule has 152 valence electrons. The minimum absolute atomic E-state index is 0.0846. The third kappa shape index (κ3) is 6.76. The summed E-state index contributed by atoms with van der Waals surface area (Å²) in [7, 11) is 0. The molecule has 0 atom stereocenters. The third-order valence-corrected chi connectivity index (χ3v) is 5.41. The number of nitrogens with zero attached hydrogens (tertiary/aromatic N) is 1. The second-order valence-corrected chi connectivity index (χ2v) is 7.48. The highest BCUT2D eigenvalue weighted by Crippen LogP contribution is 2.20. The Bertz CT molecular complexity index is 848. The average molecular weight is 390 g/mol. The number of hydrogen-bond donors (Lipinski definition) is 0. The van der Waals surface area contributed by atoms with Crippen LogP contribution in [0.15, 0.2) is 48.5 Å². The van der Waals surface area contributed by atoms with E-state index in [2.05, 4.69) is 65.3 Å². The summed E-state index contributed by atoms with van der Waals surface area (Å²) >= 11 is 0. The van der Waals surface area contributed by atoms with Crippen molar-refractivity contribution >= 4 is 5.97 Å². The molecule has 0 fully saturated rings. The first-order valence-electron chi connectivity index (χ1n) is 10.8. The van der Waals surface area contributed by atoms with E-state index in [1.807, 2.05) is 6.92 Å². The molecular weight excluding hydrogens is 358 g/mol. The van der Waals surface area contributed by atoms with Gasteiger partial charge in [-0.2, -0.15) is 0 Å². The summed E-state index contributed by atoms with van der Waals surface area (Å²) in [5, 5.41) is 0. The second-order valence-electron chi connectivity index (χ2n) is 7.48. The Balaban J connectivity index is 1.54. The molecule has 3 heteroatoms. The lowest BCUT2D eigenvalue weighted by atomic mass is 9.97. The number of esters is 1. The largest absolute Gasteiger partial charge is 0.466 e. The van der Waals surface area contributed by atoms with E-state index >= 15 is 0 Å². The fourth-order valence-electron chi connectivity index (χ4n) is 3.85. The molecule has 29 heavy (non-hydrogen) atoms. The van der Waals surface area contributed by atoms with Crippen LogP contribution in [0.25, 0.3) is 0 Å². The zero-order chi connectivity index (χ0) is 20.3. The molecular formula is C26H31NO2. The van der Waals surface area contributed by atoms with Crippen molar-refractivity contribution in [3.8, 4) is 11.8 Å².